The van der Waals surface area contributed by atoms with Crippen LogP contribution in [-0.2, 0) is 11.3 Å². The van der Waals surface area contributed by atoms with Crippen LogP contribution in [0.1, 0.15) is 30.7 Å². The Labute approximate surface area is 148 Å². The van der Waals surface area contributed by atoms with Gasteiger partial charge in [-0.1, -0.05) is 11.6 Å². The number of aliphatic carboxylic acids is 1. The lowest BCUT2D eigenvalue weighted by Gasteiger charge is -2.26. The van der Waals surface area contributed by atoms with Crippen LogP contribution < -0.4 is 10.6 Å². The van der Waals surface area contributed by atoms with E-state index in [0.29, 0.717) is 37.3 Å². The quantitative estimate of drug-likeness (QED) is 0.772. The minimum Gasteiger partial charge on any atom is -0.481 e. The molecule has 0 atom stereocenters. The summed E-state index contributed by atoms with van der Waals surface area (Å²) in [6, 6.07) is 5.33. The predicted molar refractivity (Wildman–Crippen MR) is 93.4 cm³/mol. The SMILES string of the molecule is O=C(NCc1nc2cc(Cl)ccc2s1)NC1CCC(C(=O)O)CC1. The highest BCUT2D eigenvalue weighted by Gasteiger charge is 2.26. The smallest absolute Gasteiger partial charge is 0.315 e. The number of benzene rings is 1. The maximum Gasteiger partial charge on any atom is 0.315 e. The van der Waals surface area contributed by atoms with Crippen LogP contribution in [-0.4, -0.2) is 28.1 Å². The first-order valence-corrected chi connectivity index (χ1v) is 9.03. The Kier molecular flexibility index (Phi) is 5.20. The van der Waals surface area contributed by atoms with E-state index in [0.717, 1.165) is 15.2 Å². The number of carbonyl (C=O) groups is 2. The molecule has 0 bridgehead atoms. The number of thiazole rings is 1. The van der Waals surface area contributed by atoms with E-state index in [4.69, 9.17) is 16.7 Å². The zero-order chi connectivity index (χ0) is 17.1. The number of carboxylic acid groups (broad SMARTS) is 1. The second-order valence-electron chi connectivity index (χ2n) is 5.93. The Balaban J connectivity index is 1.47. The Bertz CT molecular complexity index is 756. The fraction of sp³-hybridized carbons (Fsp3) is 0.438. The minimum absolute atomic E-state index is 0.0368. The predicted octanol–water partition coefficient (Wildman–Crippen LogP) is 3.39. The molecule has 2 aromatic rings. The summed E-state index contributed by atoms with van der Waals surface area (Å²) in [5.74, 6) is -1.02. The van der Waals surface area contributed by atoms with Crippen molar-refractivity contribution in [1.82, 2.24) is 15.6 Å². The zero-order valence-electron chi connectivity index (χ0n) is 12.9. The number of urea groups is 1. The lowest BCUT2D eigenvalue weighted by Crippen LogP contribution is -2.43. The summed E-state index contributed by atoms with van der Waals surface area (Å²) in [6.45, 7) is 0.354. The van der Waals surface area contributed by atoms with Crippen molar-refractivity contribution in [3.05, 3.63) is 28.2 Å². The number of hydrogen-bond acceptors (Lipinski definition) is 4. The molecule has 1 fully saturated rings. The van der Waals surface area contributed by atoms with E-state index >= 15 is 0 Å². The zero-order valence-corrected chi connectivity index (χ0v) is 14.5. The van der Waals surface area contributed by atoms with E-state index in [-0.39, 0.29) is 18.0 Å². The summed E-state index contributed by atoms with van der Waals surface area (Å²) < 4.78 is 1.03. The van der Waals surface area contributed by atoms with Gasteiger partial charge in [-0.25, -0.2) is 9.78 Å². The summed E-state index contributed by atoms with van der Waals surface area (Å²) in [5.41, 5.74) is 0.830. The summed E-state index contributed by atoms with van der Waals surface area (Å²) in [4.78, 5) is 27.4. The number of nitrogens with one attached hydrogen (secondary N) is 2. The van der Waals surface area contributed by atoms with Crippen molar-refractivity contribution in [1.29, 1.82) is 0 Å². The normalized spacial score (nSPS) is 20.7. The van der Waals surface area contributed by atoms with Crippen LogP contribution in [0.25, 0.3) is 10.2 Å². The summed E-state index contributed by atoms with van der Waals surface area (Å²) in [7, 11) is 0. The average Bonchev–Trinajstić information content (AvgIpc) is 2.95. The fourth-order valence-corrected chi connectivity index (χ4v) is 3.95. The molecule has 0 spiro atoms. The van der Waals surface area contributed by atoms with Crippen molar-refractivity contribution in [2.75, 3.05) is 0 Å². The maximum atomic E-state index is 12.0. The Hall–Kier alpha value is -1.86. The molecule has 24 heavy (non-hydrogen) atoms. The number of aromatic nitrogens is 1. The van der Waals surface area contributed by atoms with Crippen LogP contribution >= 0.6 is 22.9 Å². The second kappa shape index (κ2) is 7.36. The standard InChI is InChI=1S/C16H18ClN3O3S/c17-10-3-6-13-12(7-10)20-14(24-13)8-18-16(23)19-11-4-1-9(2-5-11)15(21)22/h3,6-7,9,11H,1-2,4-5,8H2,(H,21,22)(H2,18,19,23). The molecule has 1 aromatic heterocycles. The number of hydrogen-bond donors (Lipinski definition) is 3. The van der Waals surface area contributed by atoms with Gasteiger partial charge >= 0.3 is 12.0 Å². The van der Waals surface area contributed by atoms with E-state index in [1.54, 1.807) is 6.07 Å². The average molecular weight is 368 g/mol. The van der Waals surface area contributed by atoms with E-state index < -0.39 is 5.97 Å². The number of nitrogens with zero attached hydrogens (tertiary/aromatic N) is 1. The van der Waals surface area contributed by atoms with Gasteiger partial charge in [0.05, 0.1) is 22.7 Å². The Morgan fingerprint density at radius 2 is 2.04 bits per heavy atom. The van der Waals surface area contributed by atoms with Crippen molar-refractivity contribution in [3.8, 4) is 0 Å². The van der Waals surface area contributed by atoms with Crippen molar-refractivity contribution in [2.24, 2.45) is 5.92 Å². The third kappa shape index (κ3) is 4.15. The van der Waals surface area contributed by atoms with Gasteiger partial charge in [-0.3, -0.25) is 4.79 Å². The molecule has 1 heterocycles. The molecular weight excluding hydrogens is 350 g/mol. The lowest BCUT2D eigenvalue weighted by molar-refractivity contribution is -0.142. The van der Waals surface area contributed by atoms with Gasteiger partial charge in [0.15, 0.2) is 0 Å². The van der Waals surface area contributed by atoms with Crippen LogP contribution in [0.3, 0.4) is 0 Å². The van der Waals surface area contributed by atoms with Gasteiger partial charge in [0.2, 0.25) is 0 Å². The van der Waals surface area contributed by atoms with E-state index in [2.05, 4.69) is 15.6 Å². The number of carbonyl (C=O) groups excluding carboxylic acids is 1. The highest BCUT2D eigenvalue weighted by Crippen LogP contribution is 2.25. The van der Waals surface area contributed by atoms with E-state index in [1.807, 2.05) is 12.1 Å². The molecule has 1 aliphatic carbocycles. The molecule has 6 nitrogen and oxygen atoms in total. The van der Waals surface area contributed by atoms with Gasteiger partial charge in [-0.15, -0.1) is 11.3 Å². The molecule has 0 aliphatic heterocycles. The number of halogens is 1. The number of rotatable bonds is 4. The first-order valence-electron chi connectivity index (χ1n) is 7.83. The van der Waals surface area contributed by atoms with Crippen LogP contribution in [0.4, 0.5) is 4.79 Å². The third-order valence-corrected chi connectivity index (χ3v) is 5.48. The Morgan fingerprint density at radius 1 is 1.29 bits per heavy atom. The second-order valence-corrected chi connectivity index (χ2v) is 7.49. The molecule has 0 saturated heterocycles. The van der Waals surface area contributed by atoms with Crippen molar-refractivity contribution < 1.29 is 14.7 Å². The molecule has 128 valence electrons. The van der Waals surface area contributed by atoms with Gasteiger partial charge < -0.3 is 15.7 Å². The van der Waals surface area contributed by atoms with Crippen molar-refractivity contribution in [2.45, 2.75) is 38.3 Å². The number of carboxylic acids is 1. The van der Waals surface area contributed by atoms with E-state index in [1.165, 1.54) is 11.3 Å². The monoisotopic (exact) mass is 367 g/mol. The molecule has 0 unspecified atom stereocenters. The lowest BCUT2D eigenvalue weighted by atomic mass is 9.86. The van der Waals surface area contributed by atoms with Gasteiger partial charge in [0, 0.05) is 11.1 Å². The summed E-state index contributed by atoms with van der Waals surface area (Å²) in [6.07, 6.45) is 2.62. The molecule has 0 radical (unpaired) electrons. The number of amides is 2. The molecule has 8 heteroatoms. The van der Waals surface area contributed by atoms with Crippen molar-refractivity contribution >= 4 is 45.2 Å². The summed E-state index contributed by atoms with van der Waals surface area (Å²) in [5, 5.41) is 16.1. The van der Waals surface area contributed by atoms with Gasteiger partial charge in [-0.2, -0.15) is 0 Å². The Morgan fingerprint density at radius 3 is 2.75 bits per heavy atom. The van der Waals surface area contributed by atoms with Crippen LogP contribution in [0.2, 0.25) is 5.02 Å². The first-order chi connectivity index (χ1) is 11.5. The van der Waals surface area contributed by atoms with Crippen molar-refractivity contribution in [3.63, 3.8) is 0 Å². The topological polar surface area (TPSA) is 91.3 Å². The molecule has 2 amide bonds. The summed E-state index contributed by atoms with van der Waals surface area (Å²) >= 11 is 7.46. The highest BCUT2D eigenvalue weighted by molar-refractivity contribution is 7.18. The first kappa shape index (κ1) is 17.0. The molecular formula is C16H18ClN3O3S. The highest BCUT2D eigenvalue weighted by atomic mass is 35.5. The van der Waals surface area contributed by atoms with Gasteiger partial charge in [0.25, 0.3) is 0 Å². The van der Waals surface area contributed by atoms with Crippen LogP contribution in [0.15, 0.2) is 18.2 Å². The van der Waals surface area contributed by atoms with Crippen LogP contribution in [0.5, 0.6) is 0 Å². The minimum atomic E-state index is -0.742. The largest absolute Gasteiger partial charge is 0.481 e. The van der Waals surface area contributed by atoms with Gasteiger partial charge in [-0.05, 0) is 43.9 Å². The number of fused-ring (bicyclic) bond motifs is 1. The van der Waals surface area contributed by atoms with E-state index in [9.17, 15) is 9.59 Å². The third-order valence-electron chi connectivity index (χ3n) is 4.21. The molecule has 1 aliphatic rings. The van der Waals surface area contributed by atoms with Crippen LogP contribution in [0, 0.1) is 5.92 Å². The molecule has 1 aromatic carbocycles. The van der Waals surface area contributed by atoms with Gasteiger partial charge in [0.1, 0.15) is 5.01 Å². The fourth-order valence-electron chi connectivity index (χ4n) is 2.90. The molecule has 3 N–H and O–H groups in total. The maximum absolute atomic E-state index is 12.0. The molecule has 1 saturated carbocycles. The molecule has 3 rings (SSSR count).